The normalized spacial score (nSPS) is 14.8. The molecule has 2 aromatic heterocycles. The predicted octanol–water partition coefficient (Wildman–Crippen LogP) is 6.68. The lowest BCUT2D eigenvalue weighted by atomic mass is 9.81. The van der Waals surface area contributed by atoms with Gasteiger partial charge in [-0.2, -0.15) is 0 Å². The first-order chi connectivity index (χ1) is 15.3. The second-order valence-electron chi connectivity index (χ2n) is 10.8. The van der Waals surface area contributed by atoms with Crippen LogP contribution in [0.2, 0.25) is 0 Å². The zero-order valence-corrected chi connectivity index (χ0v) is 20.0. The number of aromatic amines is 2. The minimum atomic E-state index is -0.916. The molecule has 6 heteroatoms. The zero-order chi connectivity index (χ0) is 24.3. The first-order valence-electron chi connectivity index (χ1n) is 11.3. The topological polar surface area (TPSA) is 72.0 Å². The van der Waals surface area contributed by atoms with Gasteiger partial charge in [-0.15, -0.1) is 0 Å². The quantitative estimate of drug-likeness (QED) is 0.272. The molecule has 33 heavy (non-hydrogen) atoms. The molecule has 2 heterocycles. The number of hydrogen-bond acceptors (Lipinski definition) is 2. The average Bonchev–Trinajstić information content (AvgIpc) is 3.30. The molecular weight excluding hydrogens is 422 g/mol. The number of H-pyrrole nitrogens is 2. The van der Waals surface area contributed by atoms with Crippen LogP contribution in [0.5, 0.6) is 0 Å². The third-order valence-corrected chi connectivity index (χ3v) is 6.52. The summed E-state index contributed by atoms with van der Waals surface area (Å²) in [6.45, 7) is 11.8. The Morgan fingerprint density at radius 2 is 1.24 bits per heavy atom. The molecule has 0 aliphatic heterocycles. The van der Waals surface area contributed by atoms with Crippen molar-refractivity contribution in [3.63, 3.8) is 0 Å². The molecule has 0 aliphatic carbocycles. The Labute approximate surface area is 192 Å². The van der Waals surface area contributed by atoms with E-state index in [9.17, 15) is 19.0 Å². The van der Waals surface area contributed by atoms with Crippen LogP contribution in [0.25, 0.3) is 21.8 Å². The van der Waals surface area contributed by atoms with Crippen LogP contribution in [0.15, 0.2) is 36.4 Å². The molecule has 176 valence electrons. The Balaban J connectivity index is 1.72. The third-order valence-electron chi connectivity index (χ3n) is 6.52. The van der Waals surface area contributed by atoms with Gasteiger partial charge in [0, 0.05) is 44.0 Å². The molecule has 0 bridgehead atoms. The SMILES string of the molecule is CC(O)c1cc(F)cc2[nH]c(C(C)(C)CC(O)c3cc(F)cc4[nH]c(C(C)(C)C)cc34)cc12. The standard InChI is InChI=1S/C27H32F2N2O2/c1-14(32)17-7-15(28)9-21-18(17)12-25(31-21)27(5,6)13-23(33)20-8-16(29)10-22-19(20)11-24(30-22)26(2,3)4/h7-12,14,23,30-33H,13H2,1-6H3. The molecule has 2 unspecified atom stereocenters. The van der Waals surface area contributed by atoms with Gasteiger partial charge in [0.05, 0.1) is 12.2 Å². The maximum atomic E-state index is 14.4. The summed E-state index contributed by atoms with van der Waals surface area (Å²) in [6.07, 6.45) is -1.41. The largest absolute Gasteiger partial charge is 0.389 e. The van der Waals surface area contributed by atoms with E-state index in [1.165, 1.54) is 24.3 Å². The number of aliphatic hydroxyl groups excluding tert-OH is 2. The summed E-state index contributed by atoms with van der Waals surface area (Å²) in [5, 5.41) is 22.9. The summed E-state index contributed by atoms with van der Waals surface area (Å²) in [6, 6.07) is 9.49. The highest BCUT2D eigenvalue weighted by atomic mass is 19.1. The van der Waals surface area contributed by atoms with Gasteiger partial charge in [0.1, 0.15) is 11.6 Å². The number of aromatic nitrogens is 2. The smallest absolute Gasteiger partial charge is 0.125 e. The highest BCUT2D eigenvalue weighted by molar-refractivity contribution is 5.86. The van der Waals surface area contributed by atoms with E-state index in [1.54, 1.807) is 6.92 Å². The Bertz CT molecular complexity index is 1330. The maximum absolute atomic E-state index is 14.4. The van der Waals surface area contributed by atoms with Crippen molar-refractivity contribution in [2.75, 3.05) is 0 Å². The highest BCUT2D eigenvalue weighted by Gasteiger charge is 2.29. The molecule has 4 nitrogen and oxygen atoms in total. The van der Waals surface area contributed by atoms with E-state index >= 15 is 0 Å². The molecule has 4 rings (SSSR count). The number of aliphatic hydroxyl groups is 2. The van der Waals surface area contributed by atoms with E-state index in [1.807, 2.05) is 26.0 Å². The number of rotatable bonds is 5. The van der Waals surface area contributed by atoms with E-state index in [2.05, 4.69) is 30.7 Å². The van der Waals surface area contributed by atoms with Crippen molar-refractivity contribution in [3.05, 3.63) is 70.5 Å². The van der Waals surface area contributed by atoms with Crippen molar-refractivity contribution in [2.24, 2.45) is 0 Å². The Morgan fingerprint density at radius 3 is 1.79 bits per heavy atom. The van der Waals surface area contributed by atoms with Crippen LogP contribution in [0.4, 0.5) is 8.78 Å². The Morgan fingerprint density at radius 1 is 0.758 bits per heavy atom. The van der Waals surface area contributed by atoms with Gasteiger partial charge < -0.3 is 20.2 Å². The lowest BCUT2D eigenvalue weighted by Crippen LogP contribution is -2.21. The fourth-order valence-electron chi connectivity index (χ4n) is 4.55. The maximum Gasteiger partial charge on any atom is 0.125 e. The van der Waals surface area contributed by atoms with E-state index in [4.69, 9.17) is 0 Å². The van der Waals surface area contributed by atoms with Crippen LogP contribution < -0.4 is 0 Å². The molecule has 0 amide bonds. The molecule has 4 aromatic rings. The Kier molecular flexibility index (Phi) is 5.66. The number of fused-ring (bicyclic) bond motifs is 2. The second kappa shape index (κ2) is 7.96. The number of hydrogen-bond donors (Lipinski definition) is 4. The fourth-order valence-corrected chi connectivity index (χ4v) is 4.55. The molecule has 0 radical (unpaired) electrons. The van der Waals surface area contributed by atoms with Gasteiger partial charge in [0.25, 0.3) is 0 Å². The molecule has 0 fully saturated rings. The lowest BCUT2D eigenvalue weighted by molar-refractivity contribution is 0.140. The zero-order valence-electron chi connectivity index (χ0n) is 20.0. The summed E-state index contributed by atoms with van der Waals surface area (Å²) >= 11 is 0. The summed E-state index contributed by atoms with van der Waals surface area (Å²) in [7, 11) is 0. The number of halogens is 2. The van der Waals surface area contributed by atoms with E-state index in [0.29, 0.717) is 28.6 Å². The van der Waals surface area contributed by atoms with Gasteiger partial charge in [-0.05, 0) is 60.9 Å². The van der Waals surface area contributed by atoms with Crippen molar-refractivity contribution in [1.82, 2.24) is 9.97 Å². The molecule has 2 aromatic carbocycles. The van der Waals surface area contributed by atoms with Gasteiger partial charge in [-0.3, -0.25) is 0 Å². The summed E-state index contributed by atoms with van der Waals surface area (Å²) < 4.78 is 28.5. The number of benzene rings is 2. The van der Waals surface area contributed by atoms with Gasteiger partial charge in [0.15, 0.2) is 0 Å². The van der Waals surface area contributed by atoms with Gasteiger partial charge in [-0.25, -0.2) is 8.78 Å². The van der Waals surface area contributed by atoms with Crippen LogP contribution in [0.3, 0.4) is 0 Å². The average molecular weight is 455 g/mol. The van der Waals surface area contributed by atoms with Gasteiger partial charge >= 0.3 is 0 Å². The highest BCUT2D eigenvalue weighted by Crippen LogP contribution is 2.39. The van der Waals surface area contributed by atoms with Crippen LogP contribution in [0.1, 0.15) is 82.7 Å². The molecule has 4 N–H and O–H groups in total. The van der Waals surface area contributed by atoms with E-state index in [0.717, 1.165) is 22.2 Å². The number of nitrogens with one attached hydrogen (secondary N) is 2. The third kappa shape index (κ3) is 4.42. The molecular formula is C27H32F2N2O2. The van der Waals surface area contributed by atoms with Gasteiger partial charge in [-0.1, -0.05) is 34.6 Å². The van der Waals surface area contributed by atoms with Crippen molar-refractivity contribution < 1.29 is 19.0 Å². The monoisotopic (exact) mass is 454 g/mol. The van der Waals surface area contributed by atoms with Crippen molar-refractivity contribution >= 4 is 21.8 Å². The van der Waals surface area contributed by atoms with Crippen molar-refractivity contribution in [2.45, 2.75) is 71.0 Å². The first kappa shape index (κ1) is 23.5. The predicted molar refractivity (Wildman–Crippen MR) is 128 cm³/mol. The van der Waals surface area contributed by atoms with Crippen molar-refractivity contribution in [3.8, 4) is 0 Å². The minimum Gasteiger partial charge on any atom is -0.389 e. The molecule has 0 saturated carbocycles. The summed E-state index contributed by atoms with van der Waals surface area (Å²) in [5.74, 6) is -0.826. The van der Waals surface area contributed by atoms with Crippen LogP contribution in [-0.4, -0.2) is 20.2 Å². The van der Waals surface area contributed by atoms with Crippen LogP contribution >= 0.6 is 0 Å². The second-order valence-corrected chi connectivity index (χ2v) is 10.8. The van der Waals surface area contributed by atoms with E-state index in [-0.39, 0.29) is 5.41 Å². The van der Waals surface area contributed by atoms with Crippen molar-refractivity contribution in [1.29, 1.82) is 0 Å². The lowest BCUT2D eigenvalue weighted by Gasteiger charge is -2.27. The molecule has 2 atom stereocenters. The Hall–Kier alpha value is -2.70. The van der Waals surface area contributed by atoms with E-state index < -0.39 is 29.3 Å². The minimum absolute atomic E-state index is 0.141. The molecule has 0 aliphatic rings. The first-order valence-corrected chi connectivity index (χ1v) is 11.3. The van der Waals surface area contributed by atoms with Crippen LogP contribution in [0, 0.1) is 11.6 Å². The summed E-state index contributed by atoms with van der Waals surface area (Å²) in [5.41, 5.74) is 3.41. The fraction of sp³-hybridized carbons (Fsp3) is 0.407. The molecule has 0 saturated heterocycles. The molecule has 0 spiro atoms. The summed E-state index contributed by atoms with van der Waals surface area (Å²) in [4.78, 5) is 6.55. The van der Waals surface area contributed by atoms with Gasteiger partial charge in [0.2, 0.25) is 0 Å². The van der Waals surface area contributed by atoms with Crippen LogP contribution in [-0.2, 0) is 10.8 Å².